The van der Waals surface area contributed by atoms with Crippen LogP contribution in [-0.2, 0) is 0 Å². The summed E-state index contributed by atoms with van der Waals surface area (Å²) in [5, 5.41) is 3.98. The van der Waals surface area contributed by atoms with Crippen LogP contribution in [0.4, 0.5) is 10.1 Å². The number of benzene rings is 1. The Morgan fingerprint density at radius 3 is 3.00 bits per heavy atom. The Kier molecular flexibility index (Phi) is 3.89. The molecule has 1 N–H and O–H groups in total. The van der Waals surface area contributed by atoms with Gasteiger partial charge in [0.2, 0.25) is 0 Å². The molecule has 0 saturated heterocycles. The van der Waals surface area contributed by atoms with Gasteiger partial charge in [0.25, 0.3) is 0 Å². The van der Waals surface area contributed by atoms with E-state index in [0.29, 0.717) is 11.7 Å². The normalized spacial score (nSPS) is 19.0. The Bertz CT molecular complexity index is 437. The first kappa shape index (κ1) is 12.2. The Morgan fingerprint density at radius 1 is 1.59 bits per heavy atom. The molecule has 0 amide bonds. The predicted octanol–water partition coefficient (Wildman–Crippen LogP) is 3.13. The zero-order valence-electron chi connectivity index (χ0n) is 9.87. The van der Waals surface area contributed by atoms with Crippen LogP contribution in [0.25, 0.3) is 0 Å². The van der Waals surface area contributed by atoms with Crippen molar-refractivity contribution < 1.29 is 9.13 Å². The number of methoxy groups -OCH3 is 1. The number of ether oxygens (including phenoxy) is 1. The summed E-state index contributed by atoms with van der Waals surface area (Å²) < 4.78 is 18.3. The summed E-state index contributed by atoms with van der Waals surface area (Å²) in [4.78, 5) is 4.49. The highest BCUT2D eigenvalue weighted by atomic mass is 32.2. The quantitative estimate of drug-likeness (QED) is 0.899. The minimum Gasteiger partial charge on any atom is -0.494 e. The maximum atomic E-state index is 13.5. The van der Waals surface area contributed by atoms with Crippen molar-refractivity contribution in [1.82, 2.24) is 0 Å². The van der Waals surface area contributed by atoms with Crippen molar-refractivity contribution in [2.75, 3.05) is 18.2 Å². The number of nitrogens with zero attached hydrogens (tertiary/aromatic N) is 1. The van der Waals surface area contributed by atoms with Crippen LogP contribution in [0.15, 0.2) is 23.2 Å². The van der Waals surface area contributed by atoms with Crippen LogP contribution in [-0.4, -0.2) is 24.1 Å². The lowest BCUT2D eigenvalue weighted by atomic mass is 10.3. The molecule has 1 aliphatic rings. The number of anilines is 1. The summed E-state index contributed by atoms with van der Waals surface area (Å²) >= 11 is 1.67. The zero-order valence-corrected chi connectivity index (χ0v) is 10.7. The van der Waals surface area contributed by atoms with E-state index in [0.717, 1.165) is 17.3 Å². The lowest BCUT2D eigenvalue weighted by molar-refractivity contribution is 0.387. The van der Waals surface area contributed by atoms with Crippen molar-refractivity contribution in [3.8, 4) is 5.75 Å². The third-order valence-corrected chi connectivity index (χ3v) is 3.62. The van der Waals surface area contributed by atoms with Gasteiger partial charge in [0, 0.05) is 17.5 Å². The SMILES string of the molecule is CCC1CSC(Nc2ccc(OC)c(F)c2)=N1. The summed E-state index contributed by atoms with van der Waals surface area (Å²) in [6.07, 6.45) is 1.04. The molecule has 0 fully saturated rings. The fourth-order valence-corrected chi connectivity index (χ4v) is 2.63. The van der Waals surface area contributed by atoms with Crippen molar-refractivity contribution in [1.29, 1.82) is 0 Å². The highest BCUT2D eigenvalue weighted by Gasteiger charge is 2.16. The molecule has 1 heterocycles. The molecule has 2 rings (SSSR count). The summed E-state index contributed by atoms with van der Waals surface area (Å²) in [5.41, 5.74) is 0.700. The number of hydrogen-bond acceptors (Lipinski definition) is 4. The summed E-state index contributed by atoms with van der Waals surface area (Å²) in [6.45, 7) is 2.12. The molecule has 1 atom stereocenters. The van der Waals surface area contributed by atoms with E-state index in [1.54, 1.807) is 23.9 Å². The van der Waals surface area contributed by atoms with Gasteiger partial charge in [0.05, 0.1) is 13.2 Å². The van der Waals surface area contributed by atoms with E-state index in [4.69, 9.17) is 4.74 Å². The molecule has 0 aromatic heterocycles. The topological polar surface area (TPSA) is 33.6 Å². The van der Waals surface area contributed by atoms with Crippen LogP contribution >= 0.6 is 11.8 Å². The van der Waals surface area contributed by atoms with Gasteiger partial charge >= 0.3 is 0 Å². The molecule has 0 saturated carbocycles. The maximum Gasteiger partial charge on any atom is 0.167 e. The minimum atomic E-state index is -0.367. The maximum absolute atomic E-state index is 13.5. The van der Waals surface area contributed by atoms with E-state index in [9.17, 15) is 4.39 Å². The highest BCUT2D eigenvalue weighted by molar-refractivity contribution is 8.14. The van der Waals surface area contributed by atoms with E-state index in [2.05, 4.69) is 17.2 Å². The zero-order chi connectivity index (χ0) is 12.3. The van der Waals surface area contributed by atoms with Gasteiger partial charge in [0.15, 0.2) is 16.7 Å². The molecule has 0 radical (unpaired) electrons. The van der Waals surface area contributed by atoms with Crippen LogP contribution < -0.4 is 10.1 Å². The Hall–Kier alpha value is -1.23. The molecule has 92 valence electrons. The van der Waals surface area contributed by atoms with Crippen molar-refractivity contribution in [3.63, 3.8) is 0 Å². The molecule has 0 spiro atoms. The van der Waals surface area contributed by atoms with Crippen molar-refractivity contribution in [2.24, 2.45) is 4.99 Å². The van der Waals surface area contributed by atoms with E-state index >= 15 is 0 Å². The largest absolute Gasteiger partial charge is 0.494 e. The molecule has 3 nitrogen and oxygen atoms in total. The summed E-state index contributed by atoms with van der Waals surface area (Å²) in [5.74, 6) is 0.883. The van der Waals surface area contributed by atoms with Gasteiger partial charge in [0.1, 0.15) is 0 Å². The molecule has 5 heteroatoms. The minimum absolute atomic E-state index is 0.253. The van der Waals surface area contributed by atoms with Gasteiger partial charge in [-0.2, -0.15) is 0 Å². The molecule has 0 bridgehead atoms. The Morgan fingerprint density at radius 2 is 2.41 bits per heavy atom. The molecule has 0 aliphatic carbocycles. The summed E-state index contributed by atoms with van der Waals surface area (Å²) in [6, 6.07) is 5.19. The number of amidine groups is 1. The van der Waals surface area contributed by atoms with Crippen LogP contribution in [0.2, 0.25) is 0 Å². The Labute approximate surface area is 104 Å². The molecular formula is C12H15FN2OS. The number of nitrogens with one attached hydrogen (secondary N) is 1. The predicted molar refractivity (Wildman–Crippen MR) is 70.5 cm³/mol. The van der Waals surface area contributed by atoms with E-state index in [1.807, 2.05) is 0 Å². The van der Waals surface area contributed by atoms with Gasteiger partial charge in [-0.3, -0.25) is 4.99 Å². The number of halogens is 1. The molecule has 1 aromatic carbocycles. The first-order chi connectivity index (χ1) is 8.22. The third-order valence-electron chi connectivity index (χ3n) is 2.59. The van der Waals surface area contributed by atoms with Crippen LogP contribution in [0.5, 0.6) is 5.75 Å². The van der Waals surface area contributed by atoms with Gasteiger partial charge in [-0.15, -0.1) is 0 Å². The number of aliphatic imine (C=N–C) groups is 1. The van der Waals surface area contributed by atoms with Gasteiger partial charge in [-0.1, -0.05) is 18.7 Å². The van der Waals surface area contributed by atoms with Crippen LogP contribution in [0.1, 0.15) is 13.3 Å². The molecule has 1 aromatic rings. The smallest absolute Gasteiger partial charge is 0.167 e. The average Bonchev–Trinajstić information content (AvgIpc) is 2.77. The number of rotatable bonds is 3. The fourth-order valence-electron chi connectivity index (χ4n) is 1.56. The Balaban J connectivity index is 2.07. The first-order valence-corrected chi connectivity index (χ1v) is 6.52. The highest BCUT2D eigenvalue weighted by Crippen LogP contribution is 2.24. The van der Waals surface area contributed by atoms with Crippen molar-refractivity contribution >= 4 is 22.6 Å². The first-order valence-electron chi connectivity index (χ1n) is 5.54. The second-order valence-electron chi connectivity index (χ2n) is 3.78. The van der Waals surface area contributed by atoms with Gasteiger partial charge < -0.3 is 10.1 Å². The second kappa shape index (κ2) is 5.40. The lowest BCUT2D eigenvalue weighted by Crippen LogP contribution is -2.05. The van der Waals surface area contributed by atoms with Crippen molar-refractivity contribution in [3.05, 3.63) is 24.0 Å². The molecular weight excluding hydrogens is 239 g/mol. The van der Waals surface area contributed by atoms with Crippen LogP contribution in [0, 0.1) is 5.82 Å². The molecule has 17 heavy (non-hydrogen) atoms. The monoisotopic (exact) mass is 254 g/mol. The number of thioether (sulfide) groups is 1. The standard InChI is InChI=1S/C12H15FN2OS/c1-3-8-7-17-12(14-8)15-9-4-5-11(16-2)10(13)6-9/h4-6,8H,3,7H2,1-2H3,(H,14,15). The van der Waals surface area contributed by atoms with Gasteiger partial charge in [-0.05, 0) is 18.6 Å². The lowest BCUT2D eigenvalue weighted by Gasteiger charge is -2.07. The van der Waals surface area contributed by atoms with E-state index in [1.165, 1.54) is 13.2 Å². The molecule has 1 aliphatic heterocycles. The van der Waals surface area contributed by atoms with Crippen LogP contribution in [0.3, 0.4) is 0 Å². The number of hydrogen-bond donors (Lipinski definition) is 1. The third kappa shape index (κ3) is 2.91. The van der Waals surface area contributed by atoms with Crippen molar-refractivity contribution in [2.45, 2.75) is 19.4 Å². The summed E-state index contributed by atoms with van der Waals surface area (Å²) in [7, 11) is 1.45. The average molecular weight is 254 g/mol. The fraction of sp³-hybridized carbons (Fsp3) is 0.417. The second-order valence-corrected chi connectivity index (χ2v) is 4.79. The molecule has 1 unspecified atom stereocenters. The van der Waals surface area contributed by atoms with E-state index in [-0.39, 0.29) is 11.6 Å². The van der Waals surface area contributed by atoms with Gasteiger partial charge in [-0.25, -0.2) is 4.39 Å². The van der Waals surface area contributed by atoms with E-state index < -0.39 is 0 Å².